The molecule has 1 heteroatoms. The molecule has 1 saturated heterocycles. The van der Waals surface area contributed by atoms with Gasteiger partial charge >= 0.3 is 0 Å². The topological polar surface area (TPSA) is 12.0 Å². The van der Waals surface area contributed by atoms with E-state index < -0.39 is 0 Å². The first-order chi connectivity index (χ1) is 11.4. The molecule has 0 amide bonds. The molecule has 0 bridgehead atoms. The molecule has 5 saturated carbocycles. The van der Waals surface area contributed by atoms with Crippen molar-refractivity contribution in [2.45, 2.75) is 64.2 Å². The highest BCUT2D eigenvalue weighted by molar-refractivity contribution is 5.10. The van der Waals surface area contributed by atoms with Crippen LogP contribution >= 0.6 is 0 Å². The van der Waals surface area contributed by atoms with Crippen LogP contribution in [0.25, 0.3) is 0 Å². The van der Waals surface area contributed by atoms with Crippen LogP contribution in [0.4, 0.5) is 0 Å². The molecule has 6 aliphatic rings. The summed E-state index contributed by atoms with van der Waals surface area (Å²) in [6.07, 6.45) is 15.9. The molecule has 10 unspecified atom stereocenters. The molecule has 1 N–H and O–H groups in total. The van der Waals surface area contributed by atoms with Gasteiger partial charge in [0.1, 0.15) is 0 Å². The maximum Gasteiger partial charge on any atom is -0.00150 e. The summed E-state index contributed by atoms with van der Waals surface area (Å²) in [5.41, 5.74) is 0. The Kier molecular flexibility index (Phi) is 3.22. The van der Waals surface area contributed by atoms with E-state index in [1.54, 1.807) is 57.8 Å². The SMILES string of the molecule is C1CC2CCC3CC4CCCC5C6CNCCC6C(C1)C2C3C45. The molecule has 0 radical (unpaired) electrons. The van der Waals surface area contributed by atoms with E-state index in [1.165, 1.54) is 31.3 Å². The Balaban J connectivity index is 1.48. The molecule has 0 aromatic carbocycles. The van der Waals surface area contributed by atoms with Gasteiger partial charge in [-0.2, -0.15) is 0 Å². The predicted octanol–water partition coefficient (Wildman–Crippen LogP) is 4.72. The van der Waals surface area contributed by atoms with Crippen LogP contribution in [0.3, 0.4) is 0 Å². The maximum absolute atomic E-state index is 3.83. The summed E-state index contributed by atoms with van der Waals surface area (Å²) in [6.45, 7) is 2.70. The van der Waals surface area contributed by atoms with Gasteiger partial charge in [0.25, 0.3) is 0 Å². The maximum atomic E-state index is 3.83. The smallest absolute Gasteiger partial charge is 0.00150 e. The summed E-state index contributed by atoms with van der Waals surface area (Å²) in [6, 6.07) is 0. The van der Waals surface area contributed by atoms with Gasteiger partial charge < -0.3 is 5.32 Å². The molecule has 10 atom stereocenters. The lowest BCUT2D eigenvalue weighted by Crippen LogP contribution is -2.46. The van der Waals surface area contributed by atoms with Crippen molar-refractivity contribution in [1.29, 1.82) is 0 Å². The van der Waals surface area contributed by atoms with Crippen LogP contribution in [0.5, 0.6) is 0 Å². The lowest BCUT2D eigenvalue weighted by molar-refractivity contribution is -0.0131. The van der Waals surface area contributed by atoms with Crippen molar-refractivity contribution >= 4 is 0 Å². The number of hydrogen-bond acceptors (Lipinski definition) is 1. The fourth-order valence-corrected chi connectivity index (χ4v) is 9.58. The van der Waals surface area contributed by atoms with Gasteiger partial charge in [0, 0.05) is 0 Å². The third-order valence-corrected chi connectivity index (χ3v) is 9.93. The predicted molar refractivity (Wildman–Crippen MR) is 93.9 cm³/mol. The van der Waals surface area contributed by atoms with E-state index in [0.29, 0.717) is 0 Å². The fraction of sp³-hybridized carbons (Fsp3) is 1.00. The molecule has 1 nitrogen and oxygen atoms in total. The zero-order valence-corrected chi connectivity index (χ0v) is 14.8. The molecule has 0 aromatic heterocycles. The van der Waals surface area contributed by atoms with Gasteiger partial charge in [-0.25, -0.2) is 0 Å². The molecule has 5 aliphatic carbocycles. The Labute approximate surface area is 142 Å². The van der Waals surface area contributed by atoms with Crippen LogP contribution in [0.1, 0.15) is 64.2 Å². The molecule has 0 spiro atoms. The van der Waals surface area contributed by atoms with E-state index in [0.717, 1.165) is 47.3 Å². The average Bonchev–Trinajstić information content (AvgIpc) is 2.94. The average molecular weight is 314 g/mol. The zero-order valence-electron chi connectivity index (χ0n) is 14.8. The van der Waals surface area contributed by atoms with Crippen LogP contribution in [0, 0.1) is 59.2 Å². The van der Waals surface area contributed by atoms with Crippen LogP contribution in [0.15, 0.2) is 0 Å². The van der Waals surface area contributed by atoms with Gasteiger partial charge in [0.15, 0.2) is 0 Å². The zero-order chi connectivity index (χ0) is 15.0. The monoisotopic (exact) mass is 313 g/mol. The van der Waals surface area contributed by atoms with Gasteiger partial charge in [-0.3, -0.25) is 0 Å². The molecule has 1 aliphatic heterocycles. The highest BCUT2D eigenvalue weighted by atomic mass is 14.9. The summed E-state index contributed by atoms with van der Waals surface area (Å²) in [5.74, 6) is 11.4. The molecular weight excluding hydrogens is 278 g/mol. The summed E-state index contributed by atoms with van der Waals surface area (Å²) < 4.78 is 0. The second-order valence-electron chi connectivity index (χ2n) is 10.3. The molecule has 128 valence electrons. The van der Waals surface area contributed by atoms with E-state index in [1.807, 2.05) is 0 Å². The summed E-state index contributed by atoms with van der Waals surface area (Å²) >= 11 is 0. The minimum absolute atomic E-state index is 1.06. The molecule has 0 aromatic rings. The van der Waals surface area contributed by atoms with Crippen molar-refractivity contribution in [3.05, 3.63) is 0 Å². The molecule has 23 heavy (non-hydrogen) atoms. The highest BCUT2D eigenvalue weighted by Crippen LogP contribution is 2.67. The van der Waals surface area contributed by atoms with Gasteiger partial charge in [-0.15, -0.1) is 0 Å². The van der Waals surface area contributed by atoms with Gasteiger partial charge in [-0.1, -0.05) is 25.7 Å². The van der Waals surface area contributed by atoms with Crippen LogP contribution in [-0.2, 0) is 0 Å². The Morgan fingerprint density at radius 1 is 0.522 bits per heavy atom. The second kappa shape index (κ2) is 5.23. The summed E-state index contributed by atoms with van der Waals surface area (Å²) in [7, 11) is 0. The van der Waals surface area contributed by atoms with E-state index >= 15 is 0 Å². The van der Waals surface area contributed by atoms with Crippen LogP contribution in [-0.4, -0.2) is 13.1 Å². The molecular formula is C22H35N. The molecule has 1 heterocycles. The molecule has 6 fully saturated rings. The first-order valence-electron chi connectivity index (χ1n) is 11.1. The second-order valence-corrected chi connectivity index (χ2v) is 10.3. The lowest BCUT2D eigenvalue weighted by Gasteiger charge is -2.50. The number of fused-ring (bicyclic) bond motifs is 3. The Morgan fingerprint density at radius 2 is 1.22 bits per heavy atom. The number of rotatable bonds is 0. The highest BCUT2D eigenvalue weighted by Gasteiger charge is 2.61. The van der Waals surface area contributed by atoms with Crippen LogP contribution in [0.2, 0.25) is 0 Å². The molecule has 6 rings (SSSR count). The van der Waals surface area contributed by atoms with Crippen molar-refractivity contribution in [1.82, 2.24) is 5.32 Å². The third kappa shape index (κ3) is 1.89. The first kappa shape index (κ1) is 14.2. The van der Waals surface area contributed by atoms with Crippen molar-refractivity contribution in [3.63, 3.8) is 0 Å². The standard InChI is InChI=1S/C22H35N/c1-3-13-7-8-15-11-14-4-2-6-18-19-12-23-10-9-16(19)17(5-1)20(13)22(15)21(14)18/h13-23H,1-12H2. The van der Waals surface area contributed by atoms with Gasteiger partial charge in [0.05, 0.1) is 0 Å². The van der Waals surface area contributed by atoms with Gasteiger partial charge in [-0.05, 0) is 111 Å². The quantitative estimate of drug-likeness (QED) is 0.682. The minimum Gasteiger partial charge on any atom is -0.316 e. The summed E-state index contributed by atoms with van der Waals surface area (Å²) in [4.78, 5) is 0. The van der Waals surface area contributed by atoms with E-state index in [4.69, 9.17) is 0 Å². The van der Waals surface area contributed by atoms with Crippen molar-refractivity contribution < 1.29 is 0 Å². The largest absolute Gasteiger partial charge is 0.316 e. The van der Waals surface area contributed by atoms with E-state index in [9.17, 15) is 0 Å². The fourth-order valence-electron chi connectivity index (χ4n) is 9.58. The number of nitrogens with one attached hydrogen (secondary N) is 1. The van der Waals surface area contributed by atoms with Crippen molar-refractivity contribution in [2.75, 3.05) is 13.1 Å². The first-order valence-corrected chi connectivity index (χ1v) is 11.1. The third-order valence-electron chi connectivity index (χ3n) is 9.93. The van der Waals surface area contributed by atoms with E-state index in [-0.39, 0.29) is 0 Å². The van der Waals surface area contributed by atoms with Crippen molar-refractivity contribution in [3.8, 4) is 0 Å². The Morgan fingerprint density at radius 3 is 2.13 bits per heavy atom. The number of piperidine rings is 1. The van der Waals surface area contributed by atoms with E-state index in [2.05, 4.69) is 5.32 Å². The number of hydrogen-bond donors (Lipinski definition) is 1. The lowest BCUT2D eigenvalue weighted by atomic mass is 9.55. The minimum atomic E-state index is 1.06. The van der Waals surface area contributed by atoms with Crippen molar-refractivity contribution in [2.24, 2.45) is 59.2 Å². The van der Waals surface area contributed by atoms with Gasteiger partial charge in [0.2, 0.25) is 0 Å². The Hall–Kier alpha value is -0.0400. The normalized spacial score (nSPS) is 60.5. The Bertz CT molecular complexity index is 465. The summed E-state index contributed by atoms with van der Waals surface area (Å²) in [5, 5.41) is 3.83. The van der Waals surface area contributed by atoms with Crippen LogP contribution < -0.4 is 5.32 Å².